The normalized spacial score (nSPS) is 15.2. The molecule has 4 rings (SSSR count). The molecule has 3 heterocycles. The number of para-hydroxylation sites is 1. The lowest BCUT2D eigenvalue weighted by Crippen LogP contribution is -2.29. The summed E-state index contributed by atoms with van der Waals surface area (Å²) < 4.78 is 1.77. The van der Waals surface area contributed by atoms with Crippen LogP contribution in [0.4, 0.5) is 5.95 Å². The lowest BCUT2D eigenvalue weighted by atomic mass is 10.2. The van der Waals surface area contributed by atoms with E-state index in [0.29, 0.717) is 5.02 Å². The minimum absolute atomic E-state index is 0.664. The van der Waals surface area contributed by atoms with E-state index in [1.165, 1.54) is 0 Å². The molecule has 6 nitrogen and oxygen atoms in total. The van der Waals surface area contributed by atoms with Crippen LogP contribution in [0, 0.1) is 0 Å². The van der Waals surface area contributed by atoms with Crippen LogP contribution in [-0.2, 0) is 0 Å². The highest BCUT2D eigenvalue weighted by Crippen LogP contribution is 2.23. The minimum atomic E-state index is 0.664. The Balaban J connectivity index is 1.62. The predicted molar refractivity (Wildman–Crippen MR) is 99.3 cm³/mol. The SMILES string of the molecule is Clc1ccccc1-n1cc(-c2ccnc(N3CCCNCC3)n2)cn1. The summed E-state index contributed by atoms with van der Waals surface area (Å²) in [5.74, 6) is 0.770. The van der Waals surface area contributed by atoms with Crippen LogP contribution in [-0.4, -0.2) is 45.9 Å². The number of nitrogens with zero attached hydrogens (tertiary/aromatic N) is 5. The molecule has 1 fully saturated rings. The summed E-state index contributed by atoms with van der Waals surface area (Å²) in [7, 11) is 0. The lowest BCUT2D eigenvalue weighted by Gasteiger charge is -2.19. The van der Waals surface area contributed by atoms with Crippen molar-refractivity contribution in [3.8, 4) is 16.9 Å². The molecule has 25 heavy (non-hydrogen) atoms. The number of halogens is 1. The summed E-state index contributed by atoms with van der Waals surface area (Å²) in [5.41, 5.74) is 2.65. The average molecular weight is 355 g/mol. The average Bonchev–Trinajstić information content (AvgIpc) is 2.97. The molecule has 0 spiro atoms. The first kappa shape index (κ1) is 16.1. The third-order valence-electron chi connectivity index (χ3n) is 4.24. The number of benzene rings is 1. The molecule has 1 aromatic carbocycles. The predicted octanol–water partition coefficient (Wildman–Crippen LogP) is 2.78. The van der Waals surface area contributed by atoms with E-state index in [2.05, 4.69) is 20.3 Å². The minimum Gasteiger partial charge on any atom is -0.339 e. The Labute approximate surface area is 151 Å². The first-order valence-corrected chi connectivity index (χ1v) is 8.78. The van der Waals surface area contributed by atoms with Crippen molar-refractivity contribution in [1.82, 2.24) is 25.1 Å². The Morgan fingerprint density at radius 1 is 1.08 bits per heavy atom. The van der Waals surface area contributed by atoms with Gasteiger partial charge in [-0.25, -0.2) is 14.6 Å². The van der Waals surface area contributed by atoms with Gasteiger partial charge in [0.05, 0.1) is 22.6 Å². The lowest BCUT2D eigenvalue weighted by molar-refractivity contribution is 0.724. The van der Waals surface area contributed by atoms with Crippen LogP contribution in [0.15, 0.2) is 48.9 Å². The van der Waals surface area contributed by atoms with E-state index in [9.17, 15) is 0 Å². The molecule has 0 amide bonds. The Morgan fingerprint density at radius 3 is 2.92 bits per heavy atom. The second kappa shape index (κ2) is 7.21. The Bertz CT molecular complexity index is 854. The highest BCUT2D eigenvalue weighted by molar-refractivity contribution is 6.32. The van der Waals surface area contributed by atoms with E-state index in [1.807, 2.05) is 42.7 Å². The van der Waals surface area contributed by atoms with Crippen LogP contribution in [0.2, 0.25) is 5.02 Å². The molecule has 1 aliphatic heterocycles. The van der Waals surface area contributed by atoms with Gasteiger partial charge in [0.15, 0.2) is 0 Å². The van der Waals surface area contributed by atoms with Crippen molar-refractivity contribution >= 4 is 17.5 Å². The van der Waals surface area contributed by atoms with E-state index in [4.69, 9.17) is 16.6 Å². The third-order valence-corrected chi connectivity index (χ3v) is 4.56. The van der Waals surface area contributed by atoms with Gasteiger partial charge in [0.1, 0.15) is 0 Å². The van der Waals surface area contributed by atoms with Crippen LogP contribution in [0.3, 0.4) is 0 Å². The Hall–Kier alpha value is -2.44. The summed E-state index contributed by atoms with van der Waals surface area (Å²) >= 11 is 6.26. The van der Waals surface area contributed by atoms with E-state index >= 15 is 0 Å². The molecule has 1 aliphatic rings. The maximum Gasteiger partial charge on any atom is 0.225 e. The van der Waals surface area contributed by atoms with Crippen LogP contribution >= 0.6 is 11.6 Å². The Kier molecular flexibility index (Phi) is 4.63. The molecular formula is C18H19ClN6. The third kappa shape index (κ3) is 3.50. The number of aromatic nitrogens is 4. The Morgan fingerprint density at radius 2 is 2.00 bits per heavy atom. The second-order valence-electron chi connectivity index (χ2n) is 5.96. The van der Waals surface area contributed by atoms with Gasteiger partial charge in [-0.05, 0) is 31.2 Å². The van der Waals surface area contributed by atoms with Crippen LogP contribution < -0.4 is 10.2 Å². The topological polar surface area (TPSA) is 58.9 Å². The van der Waals surface area contributed by atoms with E-state index in [1.54, 1.807) is 10.9 Å². The first-order chi connectivity index (χ1) is 12.3. The molecule has 0 radical (unpaired) electrons. The fourth-order valence-corrected chi connectivity index (χ4v) is 3.15. The molecule has 0 atom stereocenters. The summed E-state index contributed by atoms with van der Waals surface area (Å²) in [6.07, 6.45) is 6.65. The smallest absolute Gasteiger partial charge is 0.225 e. The second-order valence-corrected chi connectivity index (χ2v) is 6.36. The van der Waals surface area contributed by atoms with Gasteiger partial charge in [-0.1, -0.05) is 23.7 Å². The number of anilines is 1. The van der Waals surface area contributed by atoms with Gasteiger partial charge in [-0.3, -0.25) is 0 Å². The van der Waals surface area contributed by atoms with Crippen LogP contribution in [0.25, 0.3) is 16.9 Å². The fraction of sp³-hybridized carbons (Fsp3) is 0.278. The fourth-order valence-electron chi connectivity index (χ4n) is 2.93. The molecule has 7 heteroatoms. The molecule has 0 bridgehead atoms. The zero-order chi connectivity index (χ0) is 17.1. The largest absolute Gasteiger partial charge is 0.339 e. The monoisotopic (exact) mass is 354 g/mol. The van der Waals surface area contributed by atoms with Crippen molar-refractivity contribution in [2.24, 2.45) is 0 Å². The van der Waals surface area contributed by atoms with Crippen molar-refractivity contribution in [3.63, 3.8) is 0 Å². The number of nitrogens with one attached hydrogen (secondary N) is 1. The van der Waals surface area contributed by atoms with Gasteiger partial charge in [0, 0.05) is 37.6 Å². The van der Waals surface area contributed by atoms with Crippen LogP contribution in [0.5, 0.6) is 0 Å². The molecule has 0 saturated carbocycles. The molecule has 0 aliphatic carbocycles. The zero-order valence-electron chi connectivity index (χ0n) is 13.8. The van der Waals surface area contributed by atoms with Gasteiger partial charge in [0.25, 0.3) is 0 Å². The van der Waals surface area contributed by atoms with Crippen molar-refractivity contribution < 1.29 is 0 Å². The van der Waals surface area contributed by atoms with Crippen molar-refractivity contribution in [2.75, 3.05) is 31.1 Å². The van der Waals surface area contributed by atoms with E-state index < -0.39 is 0 Å². The summed E-state index contributed by atoms with van der Waals surface area (Å²) in [6.45, 7) is 3.89. The molecule has 1 saturated heterocycles. The molecule has 3 aromatic rings. The molecule has 1 N–H and O–H groups in total. The molecule has 2 aromatic heterocycles. The van der Waals surface area contributed by atoms with E-state index in [0.717, 1.165) is 55.5 Å². The molecular weight excluding hydrogens is 336 g/mol. The highest BCUT2D eigenvalue weighted by atomic mass is 35.5. The van der Waals surface area contributed by atoms with Gasteiger partial charge in [0.2, 0.25) is 5.95 Å². The summed E-state index contributed by atoms with van der Waals surface area (Å²) in [5, 5.41) is 8.49. The van der Waals surface area contributed by atoms with Gasteiger partial charge < -0.3 is 10.2 Å². The standard InChI is InChI=1S/C18H19ClN6/c19-15-4-1-2-5-17(15)25-13-14(12-22-25)16-6-8-21-18(23-16)24-10-3-7-20-9-11-24/h1-2,4-6,8,12-13,20H,3,7,9-11H2. The maximum absolute atomic E-state index is 6.26. The van der Waals surface area contributed by atoms with Gasteiger partial charge in [-0.2, -0.15) is 5.10 Å². The van der Waals surface area contributed by atoms with E-state index in [-0.39, 0.29) is 0 Å². The summed E-state index contributed by atoms with van der Waals surface area (Å²) in [6, 6.07) is 9.55. The zero-order valence-corrected chi connectivity index (χ0v) is 14.5. The van der Waals surface area contributed by atoms with Gasteiger partial charge >= 0.3 is 0 Å². The van der Waals surface area contributed by atoms with Crippen molar-refractivity contribution in [3.05, 3.63) is 53.9 Å². The first-order valence-electron chi connectivity index (χ1n) is 8.40. The molecule has 0 unspecified atom stereocenters. The van der Waals surface area contributed by atoms with Crippen molar-refractivity contribution in [1.29, 1.82) is 0 Å². The maximum atomic E-state index is 6.26. The van der Waals surface area contributed by atoms with Crippen molar-refractivity contribution in [2.45, 2.75) is 6.42 Å². The summed E-state index contributed by atoms with van der Waals surface area (Å²) in [4.78, 5) is 11.4. The number of hydrogen-bond donors (Lipinski definition) is 1. The number of rotatable bonds is 3. The quantitative estimate of drug-likeness (QED) is 0.783. The highest BCUT2D eigenvalue weighted by Gasteiger charge is 2.14. The van der Waals surface area contributed by atoms with Gasteiger partial charge in [-0.15, -0.1) is 0 Å². The number of hydrogen-bond acceptors (Lipinski definition) is 5. The van der Waals surface area contributed by atoms with Crippen LogP contribution in [0.1, 0.15) is 6.42 Å². The molecule has 128 valence electrons.